The summed E-state index contributed by atoms with van der Waals surface area (Å²) in [5, 5.41) is 7.09. The van der Waals surface area contributed by atoms with Crippen molar-refractivity contribution in [3.63, 3.8) is 0 Å². The normalized spacial score (nSPS) is 16.0. The fraction of sp³-hybridized carbons (Fsp3) is 0.273. The topological polar surface area (TPSA) is 86.5 Å². The second-order valence-corrected chi connectivity index (χ2v) is 7.38. The van der Waals surface area contributed by atoms with Gasteiger partial charge in [-0.05, 0) is 36.4 Å². The Hall–Kier alpha value is -3.32. The van der Waals surface area contributed by atoms with Gasteiger partial charge in [0, 0.05) is 66.0 Å². The molecule has 0 radical (unpaired) electrons. The highest BCUT2D eigenvalue weighted by atomic mass is 16.5. The van der Waals surface area contributed by atoms with Crippen LogP contribution in [0.3, 0.4) is 0 Å². The van der Waals surface area contributed by atoms with Crippen LogP contribution in [0.25, 0.3) is 22.2 Å². The number of H-pyrrole nitrogens is 1. The molecule has 2 aromatic carbocycles. The number of piperazine rings is 1. The quantitative estimate of drug-likeness (QED) is 0.640. The molecule has 0 aliphatic carbocycles. The van der Waals surface area contributed by atoms with Gasteiger partial charge in [-0.3, -0.25) is 9.59 Å². The Morgan fingerprint density at radius 3 is 2.72 bits per heavy atom. The molecule has 1 aromatic heterocycles. The summed E-state index contributed by atoms with van der Waals surface area (Å²) >= 11 is 0. The number of methoxy groups -OCH3 is 1. The van der Waals surface area contributed by atoms with Crippen molar-refractivity contribution in [1.29, 1.82) is 0 Å². The lowest BCUT2D eigenvalue weighted by Crippen LogP contribution is -2.46. The van der Waals surface area contributed by atoms with Crippen LogP contribution in [-0.2, 0) is 6.54 Å². The number of aromatic nitrogens is 1. The average molecular weight is 390 g/mol. The molecule has 7 heteroatoms. The first kappa shape index (κ1) is 17.8. The number of aromatic amines is 1. The monoisotopic (exact) mass is 390 g/mol. The van der Waals surface area contributed by atoms with E-state index in [1.165, 1.54) is 0 Å². The summed E-state index contributed by atoms with van der Waals surface area (Å²) in [5.41, 5.74) is 4.82. The van der Waals surface area contributed by atoms with Gasteiger partial charge in [0.05, 0.1) is 12.7 Å². The smallest absolute Gasteiger partial charge is 0.253 e. The van der Waals surface area contributed by atoms with Crippen LogP contribution in [0.5, 0.6) is 5.75 Å². The summed E-state index contributed by atoms with van der Waals surface area (Å²) in [5.74, 6) is 0.671. The lowest BCUT2D eigenvalue weighted by atomic mass is 9.99. The highest BCUT2D eigenvalue weighted by Crippen LogP contribution is 2.36. The second-order valence-electron chi connectivity index (χ2n) is 7.38. The van der Waals surface area contributed by atoms with Crippen molar-refractivity contribution in [2.24, 2.45) is 0 Å². The van der Waals surface area contributed by atoms with E-state index in [4.69, 9.17) is 4.74 Å². The molecule has 0 saturated carbocycles. The first-order chi connectivity index (χ1) is 14.2. The van der Waals surface area contributed by atoms with E-state index in [1.54, 1.807) is 7.11 Å². The number of hydrogen-bond donors (Lipinski definition) is 3. The maximum Gasteiger partial charge on any atom is 0.253 e. The number of nitrogens with zero attached hydrogens (tertiary/aromatic N) is 1. The number of carbonyl (C=O) groups is 2. The van der Waals surface area contributed by atoms with Gasteiger partial charge < -0.3 is 25.3 Å². The van der Waals surface area contributed by atoms with Crippen LogP contribution in [0.4, 0.5) is 0 Å². The van der Waals surface area contributed by atoms with Crippen LogP contribution in [-0.4, -0.2) is 55.0 Å². The largest absolute Gasteiger partial charge is 0.496 e. The third-order valence-electron chi connectivity index (χ3n) is 5.70. The number of ether oxygens (including phenoxy) is 1. The Labute approximate surface area is 168 Å². The molecule has 0 unspecified atom stereocenters. The van der Waals surface area contributed by atoms with Crippen LogP contribution in [0.15, 0.2) is 36.4 Å². The first-order valence-corrected chi connectivity index (χ1v) is 9.77. The summed E-state index contributed by atoms with van der Waals surface area (Å²) in [6, 6.07) is 11.5. The summed E-state index contributed by atoms with van der Waals surface area (Å²) in [4.78, 5) is 30.5. The van der Waals surface area contributed by atoms with Crippen LogP contribution in [0.2, 0.25) is 0 Å². The van der Waals surface area contributed by atoms with Gasteiger partial charge in [0.1, 0.15) is 5.75 Å². The van der Waals surface area contributed by atoms with E-state index in [2.05, 4.69) is 15.6 Å². The molecule has 29 heavy (non-hydrogen) atoms. The lowest BCUT2D eigenvalue weighted by Gasteiger charge is -2.27. The second kappa shape index (κ2) is 6.93. The minimum atomic E-state index is -0.0952. The van der Waals surface area contributed by atoms with Gasteiger partial charge in [0.15, 0.2) is 0 Å². The average Bonchev–Trinajstić information content (AvgIpc) is 3.37. The minimum absolute atomic E-state index is 0.0564. The molecule has 3 N–H and O–H groups in total. The Bertz CT molecular complexity index is 1130. The van der Waals surface area contributed by atoms with Crippen molar-refractivity contribution in [2.75, 3.05) is 33.3 Å². The number of nitrogens with one attached hydrogen (secondary N) is 3. The summed E-state index contributed by atoms with van der Waals surface area (Å²) in [6.45, 7) is 3.57. The number of fused-ring (bicyclic) bond motifs is 2. The number of hydrogen-bond acceptors (Lipinski definition) is 4. The van der Waals surface area contributed by atoms with Crippen molar-refractivity contribution < 1.29 is 14.3 Å². The van der Waals surface area contributed by atoms with Gasteiger partial charge in [0.25, 0.3) is 11.8 Å². The Kier molecular flexibility index (Phi) is 4.24. The predicted molar refractivity (Wildman–Crippen MR) is 110 cm³/mol. The van der Waals surface area contributed by atoms with Crippen LogP contribution in [0.1, 0.15) is 26.3 Å². The van der Waals surface area contributed by atoms with Gasteiger partial charge in [-0.15, -0.1) is 0 Å². The highest BCUT2D eigenvalue weighted by molar-refractivity contribution is 6.06. The van der Waals surface area contributed by atoms with E-state index in [-0.39, 0.29) is 11.8 Å². The molecule has 2 aliphatic heterocycles. The van der Waals surface area contributed by atoms with E-state index in [0.717, 1.165) is 53.9 Å². The molecular weight excluding hydrogens is 368 g/mol. The van der Waals surface area contributed by atoms with E-state index >= 15 is 0 Å². The molecule has 148 valence electrons. The van der Waals surface area contributed by atoms with Crippen molar-refractivity contribution in [3.8, 4) is 17.0 Å². The van der Waals surface area contributed by atoms with Gasteiger partial charge in [-0.1, -0.05) is 0 Å². The number of rotatable bonds is 3. The van der Waals surface area contributed by atoms with Gasteiger partial charge in [0.2, 0.25) is 0 Å². The number of benzene rings is 2. The molecule has 2 aliphatic rings. The molecule has 0 atom stereocenters. The molecule has 1 fully saturated rings. The maximum absolute atomic E-state index is 12.8. The fourth-order valence-electron chi connectivity index (χ4n) is 4.20. The van der Waals surface area contributed by atoms with Crippen molar-refractivity contribution in [3.05, 3.63) is 53.1 Å². The van der Waals surface area contributed by atoms with Gasteiger partial charge in [-0.25, -0.2) is 0 Å². The number of carbonyl (C=O) groups excluding carboxylic acids is 2. The fourth-order valence-corrected chi connectivity index (χ4v) is 4.20. The van der Waals surface area contributed by atoms with Crippen LogP contribution in [0, 0.1) is 0 Å². The Morgan fingerprint density at radius 1 is 1.10 bits per heavy atom. The molecule has 7 nitrogen and oxygen atoms in total. The van der Waals surface area contributed by atoms with E-state index < -0.39 is 0 Å². The molecular formula is C22H22N4O3. The third kappa shape index (κ3) is 2.94. The van der Waals surface area contributed by atoms with Crippen molar-refractivity contribution in [2.45, 2.75) is 6.54 Å². The summed E-state index contributed by atoms with van der Waals surface area (Å²) in [7, 11) is 1.61. The standard InChI is InChI=1S/C22H22N4O3/c1-29-19-5-3-15(20-16(19)12-24-21(20)27)18-11-14-10-13(2-4-17(14)25-18)22(28)26-8-6-23-7-9-26/h2-5,10-11,23,25H,6-9,12H2,1H3,(H,24,27). The molecule has 0 bridgehead atoms. The SMILES string of the molecule is COc1ccc(-c2cc3cc(C(=O)N4CCNCC4)ccc3[nH]2)c2c1CNC2=O. The van der Waals surface area contributed by atoms with Crippen LogP contribution >= 0.6 is 0 Å². The Morgan fingerprint density at radius 2 is 1.93 bits per heavy atom. The first-order valence-electron chi connectivity index (χ1n) is 9.77. The zero-order valence-corrected chi connectivity index (χ0v) is 16.2. The van der Waals surface area contributed by atoms with Crippen molar-refractivity contribution >= 4 is 22.7 Å². The van der Waals surface area contributed by atoms with Gasteiger partial charge >= 0.3 is 0 Å². The predicted octanol–water partition coefficient (Wildman–Crippen LogP) is 2.13. The number of amides is 2. The lowest BCUT2D eigenvalue weighted by molar-refractivity contribution is 0.0735. The molecule has 0 spiro atoms. The molecule has 2 amide bonds. The third-order valence-corrected chi connectivity index (χ3v) is 5.70. The Balaban J connectivity index is 1.54. The zero-order valence-electron chi connectivity index (χ0n) is 16.2. The minimum Gasteiger partial charge on any atom is -0.496 e. The van der Waals surface area contributed by atoms with Gasteiger partial charge in [-0.2, -0.15) is 0 Å². The maximum atomic E-state index is 12.8. The highest BCUT2D eigenvalue weighted by Gasteiger charge is 2.27. The molecule has 3 heterocycles. The van der Waals surface area contributed by atoms with E-state index in [0.29, 0.717) is 23.4 Å². The van der Waals surface area contributed by atoms with E-state index in [1.807, 2.05) is 41.3 Å². The van der Waals surface area contributed by atoms with Crippen LogP contribution < -0.4 is 15.4 Å². The molecule has 1 saturated heterocycles. The van der Waals surface area contributed by atoms with Crippen molar-refractivity contribution in [1.82, 2.24) is 20.5 Å². The van der Waals surface area contributed by atoms with E-state index in [9.17, 15) is 9.59 Å². The summed E-state index contributed by atoms with van der Waals surface area (Å²) < 4.78 is 5.41. The zero-order chi connectivity index (χ0) is 20.0. The molecule has 5 rings (SSSR count). The molecule has 3 aromatic rings. The summed E-state index contributed by atoms with van der Waals surface area (Å²) in [6.07, 6.45) is 0.